The third kappa shape index (κ3) is 5.33. The Morgan fingerprint density at radius 3 is 2.42 bits per heavy atom. The van der Waals surface area contributed by atoms with E-state index in [1.165, 1.54) is 0 Å². The monoisotopic (exact) mass is 524 g/mol. The summed E-state index contributed by atoms with van der Waals surface area (Å²) >= 11 is 5.11. The van der Waals surface area contributed by atoms with E-state index in [9.17, 15) is 5.11 Å². The van der Waals surface area contributed by atoms with Crippen LogP contribution in [0.5, 0.6) is 23.0 Å². The molecule has 1 aliphatic heterocycles. The molecule has 0 atom stereocenters. The fourth-order valence-electron chi connectivity index (χ4n) is 3.90. The first-order valence-electron chi connectivity index (χ1n) is 11.0. The second kappa shape index (κ2) is 10.1. The SMILES string of the molecule is Oc1ccc2c(Oc3ccc(OCCN4CCNCC4)cc3)c(-c3ccc(Br)cc3)sc2c1. The van der Waals surface area contributed by atoms with Crippen molar-refractivity contribution in [3.63, 3.8) is 0 Å². The molecule has 2 heterocycles. The van der Waals surface area contributed by atoms with Gasteiger partial charge in [-0.05, 0) is 60.2 Å². The predicted molar refractivity (Wildman–Crippen MR) is 138 cm³/mol. The molecule has 0 amide bonds. The van der Waals surface area contributed by atoms with Crippen LogP contribution in [-0.4, -0.2) is 49.3 Å². The average molecular weight is 525 g/mol. The van der Waals surface area contributed by atoms with Crippen molar-refractivity contribution >= 4 is 37.4 Å². The number of hydrogen-bond acceptors (Lipinski definition) is 6. The molecule has 170 valence electrons. The van der Waals surface area contributed by atoms with E-state index >= 15 is 0 Å². The molecule has 0 aliphatic carbocycles. The fourth-order valence-corrected chi connectivity index (χ4v) is 5.34. The average Bonchev–Trinajstić information content (AvgIpc) is 3.18. The Bertz CT molecular complexity index is 1220. The summed E-state index contributed by atoms with van der Waals surface area (Å²) < 4.78 is 14.3. The Labute approximate surface area is 205 Å². The van der Waals surface area contributed by atoms with E-state index < -0.39 is 0 Å². The van der Waals surface area contributed by atoms with E-state index in [4.69, 9.17) is 9.47 Å². The Kier molecular flexibility index (Phi) is 6.83. The lowest BCUT2D eigenvalue weighted by Gasteiger charge is -2.26. The highest BCUT2D eigenvalue weighted by molar-refractivity contribution is 9.10. The molecule has 7 heteroatoms. The second-order valence-corrected chi connectivity index (χ2v) is 9.93. The van der Waals surface area contributed by atoms with E-state index in [0.717, 1.165) is 75.0 Å². The number of ether oxygens (including phenoxy) is 2. The molecule has 0 radical (unpaired) electrons. The zero-order valence-electron chi connectivity index (χ0n) is 18.1. The van der Waals surface area contributed by atoms with Crippen LogP contribution in [0.1, 0.15) is 0 Å². The van der Waals surface area contributed by atoms with Crippen LogP contribution in [0.4, 0.5) is 0 Å². The Balaban J connectivity index is 1.33. The molecular formula is C26H25BrN2O3S. The molecule has 1 aromatic heterocycles. The van der Waals surface area contributed by atoms with Crippen LogP contribution in [0.25, 0.3) is 20.5 Å². The van der Waals surface area contributed by atoms with Gasteiger partial charge in [-0.25, -0.2) is 0 Å². The van der Waals surface area contributed by atoms with Crippen LogP contribution in [-0.2, 0) is 0 Å². The van der Waals surface area contributed by atoms with Crippen molar-refractivity contribution in [2.24, 2.45) is 0 Å². The van der Waals surface area contributed by atoms with E-state index in [0.29, 0.717) is 6.61 Å². The molecule has 33 heavy (non-hydrogen) atoms. The summed E-state index contributed by atoms with van der Waals surface area (Å²) in [6.45, 7) is 5.85. The standard InChI is InChI=1S/C26H25BrN2O3S/c27-19-3-1-18(2-4-19)26-25(23-10-5-20(30)17-24(23)33-26)32-22-8-6-21(7-9-22)31-16-15-29-13-11-28-12-14-29/h1-10,17,28,30H,11-16H2. The minimum atomic E-state index is 0.250. The Morgan fingerprint density at radius 2 is 1.67 bits per heavy atom. The number of thiophene rings is 1. The molecule has 1 saturated heterocycles. The third-order valence-corrected chi connectivity index (χ3v) is 7.38. The number of phenolic OH excluding ortho intramolecular Hbond substituents is 1. The number of rotatable bonds is 7. The molecule has 4 aromatic rings. The Morgan fingerprint density at radius 1 is 0.939 bits per heavy atom. The minimum absolute atomic E-state index is 0.250. The molecule has 5 nitrogen and oxygen atoms in total. The van der Waals surface area contributed by atoms with Gasteiger partial charge in [0.2, 0.25) is 0 Å². The van der Waals surface area contributed by atoms with Gasteiger partial charge >= 0.3 is 0 Å². The van der Waals surface area contributed by atoms with Crippen LogP contribution in [0.15, 0.2) is 71.2 Å². The van der Waals surface area contributed by atoms with Gasteiger partial charge in [0.25, 0.3) is 0 Å². The highest BCUT2D eigenvalue weighted by Crippen LogP contribution is 2.47. The summed E-state index contributed by atoms with van der Waals surface area (Å²) in [4.78, 5) is 3.44. The van der Waals surface area contributed by atoms with Gasteiger partial charge in [0, 0.05) is 47.3 Å². The quantitative estimate of drug-likeness (QED) is 0.305. The second-order valence-electron chi connectivity index (χ2n) is 7.96. The van der Waals surface area contributed by atoms with Crippen molar-refractivity contribution < 1.29 is 14.6 Å². The van der Waals surface area contributed by atoms with Gasteiger partial charge in [-0.2, -0.15) is 0 Å². The molecule has 0 saturated carbocycles. The summed E-state index contributed by atoms with van der Waals surface area (Å²) in [7, 11) is 0. The molecule has 5 rings (SSSR count). The highest BCUT2D eigenvalue weighted by Gasteiger charge is 2.17. The Hall–Kier alpha value is -2.58. The van der Waals surface area contributed by atoms with Crippen molar-refractivity contribution in [2.45, 2.75) is 0 Å². The fraction of sp³-hybridized carbons (Fsp3) is 0.231. The maximum atomic E-state index is 9.95. The van der Waals surface area contributed by atoms with E-state index in [2.05, 4.69) is 38.3 Å². The molecule has 0 unspecified atom stereocenters. The number of halogens is 1. The number of aromatic hydroxyl groups is 1. The van der Waals surface area contributed by atoms with Crippen molar-refractivity contribution in [2.75, 3.05) is 39.3 Å². The lowest BCUT2D eigenvalue weighted by atomic mass is 10.1. The number of fused-ring (bicyclic) bond motifs is 1. The van der Waals surface area contributed by atoms with Gasteiger partial charge in [-0.3, -0.25) is 4.90 Å². The minimum Gasteiger partial charge on any atom is -0.508 e. The number of hydrogen-bond donors (Lipinski definition) is 2. The largest absolute Gasteiger partial charge is 0.508 e. The van der Waals surface area contributed by atoms with Crippen molar-refractivity contribution in [1.29, 1.82) is 0 Å². The number of phenols is 1. The van der Waals surface area contributed by atoms with Gasteiger partial charge < -0.3 is 19.9 Å². The van der Waals surface area contributed by atoms with E-state index in [1.54, 1.807) is 23.5 Å². The van der Waals surface area contributed by atoms with Crippen molar-refractivity contribution in [3.8, 4) is 33.4 Å². The number of nitrogens with zero attached hydrogens (tertiary/aromatic N) is 1. The summed E-state index contributed by atoms with van der Waals surface area (Å²) in [5, 5.41) is 14.3. The maximum absolute atomic E-state index is 9.95. The lowest BCUT2D eigenvalue weighted by molar-refractivity contribution is 0.191. The molecule has 0 bridgehead atoms. The van der Waals surface area contributed by atoms with Gasteiger partial charge in [0.1, 0.15) is 23.9 Å². The summed E-state index contributed by atoms with van der Waals surface area (Å²) in [6, 6.07) is 21.3. The predicted octanol–water partition coefficient (Wildman–Crippen LogP) is 6.11. The number of nitrogens with one attached hydrogen (secondary N) is 1. The first-order chi connectivity index (χ1) is 16.2. The maximum Gasteiger partial charge on any atom is 0.153 e. The summed E-state index contributed by atoms with van der Waals surface area (Å²) in [6.07, 6.45) is 0. The smallest absolute Gasteiger partial charge is 0.153 e. The zero-order valence-corrected chi connectivity index (χ0v) is 20.5. The van der Waals surface area contributed by atoms with Gasteiger partial charge in [0.15, 0.2) is 5.75 Å². The third-order valence-electron chi connectivity index (χ3n) is 5.66. The lowest BCUT2D eigenvalue weighted by Crippen LogP contribution is -2.44. The molecule has 3 aromatic carbocycles. The van der Waals surface area contributed by atoms with Crippen molar-refractivity contribution in [1.82, 2.24) is 10.2 Å². The van der Waals surface area contributed by atoms with E-state index in [1.807, 2.05) is 42.5 Å². The molecule has 1 aliphatic rings. The summed E-state index contributed by atoms with van der Waals surface area (Å²) in [5.41, 5.74) is 1.07. The van der Waals surface area contributed by atoms with Crippen LogP contribution in [0.3, 0.4) is 0 Å². The van der Waals surface area contributed by atoms with Crippen LogP contribution in [0.2, 0.25) is 0 Å². The first kappa shape index (κ1) is 22.2. The zero-order chi connectivity index (χ0) is 22.6. The highest BCUT2D eigenvalue weighted by atomic mass is 79.9. The summed E-state index contributed by atoms with van der Waals surface area (Å²) in [5.74, 6) is 2.63. The van der Waals surface area contributed by atoms with E-state index in [-0.39, 0.29) is 5.75 Å². The number of piperazine rings is 1. The molecule has 0 spiro atoms. The van der Waals surface area contributed by atoms with Gasteiger partial charge in [0.05, 0.1) is 4.88 Å². The normalized spacial score (nSPS) is 14.5. The number of benzene rings is 3. The van der Waals surface area contributed by atoms with Crippen LogP contribution in [0, 0.1) is 0 Å². The molecule has 2 N–H and O–H groups in total. The van der Waals surface area contributed by atoms with Crippen LogP contribution < -0.4 is 14.8 Å². The molecular weight excluding hydrogens is 500 g/mol. The van der Waals surface area contributed by atoms with Crippen LogP contribution >= 0.6 is 27.3 Å². The topological polar surface area (TPSA) is 54.0 Å². The molecule has 1 fully saturated rings. The van der Waals surface area contributed by atoms with Gasteiger partial charge in [-0.1, -0.05) is 28.1 Å². The van der Waals surface area contributed by atoms with Crippen molar-refractivity contribution in [3.05, 3.63) is 71.2 Å². The first-order valence-corrected chi connectivity index (χ1v) is 12.6. The van der Waals surface area contributed by atoms with Gasteiger partial charge in [-0.15, -0.1) is 11.3 Å².